The Kier molecular flexibility index (Phi) is 13.4. The molecule has 0 aliphatic rings. The van der Waals surface area contributed by atoms with Crippen LogP contribution in [0.2, 0.25) is 0 Å². The number of carbonyl (C=O) groups excluding carboxylic acids is 5. The third-order valence-electron chi connectivity index (χ3n) is 7.96. The fourth-order valence-corrected chi connectivity index (χ4v) is 5.07. The number of rotatable bonds is 17. The van der Waals surface area contributed by atoms with Crippen LogP contribution in [0.5, 0.6) is 0 Å². The van der Waals surface area contributed by atoms with E-state index >= 15 is 0 Å². The first-order chi connectivity index (χ1) is 22.7. The van der Waals surface area contributed by atoms with Crippen molar-refractivity contribution in [3.8, 4) is 0 Å². The van der Waals surface area contributed by atoms with Gasteiger partial charge in [0.05, 0.1) is 18.2 Å². The molecule has 1 heterocycles. The number of carboxylic acids is 1. The Morgan fingerprint density at radius 1 is 0.688 bits per heavy atom. The van der Waals surface area contributed by atoms with Crippen molar-refractivity contribution in [2.24, 2.45) is 5.92 Å². The molecule has 0 saturated heterocycles. The van der Waals surface area contributed by atoms with Crippen LogP contribution in [-0.2, 0) is 41.6 Å². The van der Waals surface area contributed by atoms with Crippen LogP contribution in [-0.4, -0.2) is 92.1 Å². The summed E-state index contributed by atoms with van der Waals surface area (Å²) in [6.07, 6.45) is -1.01. The number of H-pyrrole nitrogens is 1. The highest BCUT2D eigenvalue weighted by Gasteiger charge is 2.36. The molecule has 14 nitrogen and oxygen atoms in total. The normalized spacial score (nSPS) is 15.5. The second-order valence-corrected chi connectivity index (χ2v) is 11.7. The van der Waals surface area contributed by atoms with Gasteiger partial charge in [0, 0.05) is 36.4 Å². The lowest BCUT2D eigenvalue weighted by Gasteiger charge is -2.28. The zero-order valence-electron chi connectivity index (χ0n) is 27.2. The Morgan fingerprint density at radius 3 is 1.79 bits per heavy atom. The Labute approximate surface area is 277 Å². The number of amides is 4. The standard InChI is InChI=1S/C34H43N5O9/c1-5-27(42)25(16-22-17-35-24-14-10-9-13-23(22)24)36-32(45)28(19(3)40)39-33(46)29(20(4)41)38-31(44)18(2)30(43)37-26(34(47)48)15-21-11-7-6-8-12-21/h6-14,17-20,25-26,28-29,35,40-41H,5,15-16H2,1-4H3,(H,36,45)(H,37,43)(H,38,44)(H,39,46)(H,47,48)/t18-,19+,20-,25+,26+,28+,29+/m1/s1. The number of hydrogen-bond donors (Lipinski definition) is 8. The molecule has 0 aliphatic carbocycles. The lowest BCUT2D eigenvalue weighted by molar-refractivity contribution is -0.144. The summed E-state index contributed by atoms with van der Waals surface area (Å²) in [6.45, 7) is 5.29. The number of aliphatic hydroxyl groups is 2. The lowest BCUT2D eigenvalue weighted by Crippen LogP contribution is -2.61. The maximum absolute atomic E-state index is 13.3. The largest absolute Gasteiger partial charge is 0.480 e. The summed E-state index contributed by atoms with van der Waals surface area (Å²) in [4.78, 5) is 80.1. The van der Waals surface area contributed by atoms with Gasteiger partial charge in [0.25, 0.3) is 0 Å². The number of hydrogen-bond acceptors (Lipinski definition) is 8. The van der Waals surface area contributed by atoms with Crippen molar-refractivity contribution in [2.75, 3.05) is 0 Å². The number of fused-ring (bicyclic) bond motifs is 1. The minimum Gasteiger partial charge on any atom is -0.480 e. The molecule has 14 heteroatoms. The molecule has 0 saturated carbocycles. The Morgan fingerprint density at radius 2 is 1.21 bits per heavy atom. The van der Waals surface area contributed by atoms with Crippen molar-refractivity contribution in [1.82, 2.24) is 26.3 Å². The number of carbonyl (C=O) groups is 6. The highest BCUT2D eigenvalue weighted by Crippen LogP contribution is 2.20. The molecule has 8 N–H and O–H groups in total. The monoisotopic (exact) mass is 665 g/mol. The van der Waals surface area contributed by atoms with Crippen molar-refractivity contribution in [3.63, 3.8) is 0 Å². The van der Waals surface area contributed by atoms with Gasteiger partial charge in [-0.2, -0.15) is 0 Å². The number of aliphatic carboxylic acids is 1. The van der Waals surface area contributed by atoms with Crippen LogP contribution in [0.1, 0.15) is 45.2 Å². The number of aromatic nitrogens is 1. The highest BCUT2D eigenvalue weighted by molar-refractivity contribution is 6.03. The second kappa shape index (κ2) is 17.2. The Hall–Kier alpha value is -5.08. The van der Waals surface area contributed by atoms with E-state index in [0.29, 0.717) is 5.56 Å². The third-order valence-corrected chi connectivity index (χ3v) is 7.96. The Balaban J connectivity index is 1.68. The molecule has 7 atom stereocenters. The van der Waals surface area contributed by atoms with Crippen LogP contribution in [0.15, 0.2) is 60.8 Å². The van der Waals surface area contributed by atoms with Gasteiger partial charge >= 0.3 is 5.97 Å². The van der Waals surface area contributed by atoms with Crippen LogP contribution < -0.4 is 21.3 Å². The number of benzene rings is 2. The van der Waals surface area contributed by atoms with Crippen molar-refractivity contribution in [1.29, 1.82) is 0 Å². The third kappa shape index (κ3) is 9.96. The summed E-state index contributed by atoms with van der Waals surface area (Å²) in [5.41, 5.74) is 2.27. The molecular formula is C34H43N5O9. The quantitative estimate of drug-likeness (QED) is 0.0930. The summed E-state index contributed by atoms with van der Waals surface area (Å²) >= 11 is 0. The van der Waals surface area contributed by atoms with E-state index in [1.165, 1.54) is 20.8 Å². The number of carboxylic acid groups (broad SMARTS) is 1. The van der Waals surface area contributed by atoms with Gasteiger partial charge in [-0.15, -0.1) is 0 Å². The summed E-state index contributed by atoms with van der Waals surface area (Å²) in [6, 6.07) is 10.4. The number of aromatic amines is 1. The van der Waals surface area contributed by atoms with E-state index in [1.54, 1.807) is 43.5 Å². The van der Waals surface area contributed by atoms with Gasteiger partial charge < -0.3 is 41.6 Å². The summed E-state index contributed by atoms with van der Waals surface area (Å²) < 4.78 is 0. The molecule has 1 aromatic heterocycles. The van der Waals surface area contributed by atoms with Crippen LogP contribution >= 0.6 is 0 Å². The van der Waals surface area contributed by atoms with Crippen LogP contribution in [0, 0.1) is 5.92 Å². The van der Waals surface area contributed by atoms with E-state index < -0.39 is 71.9 Å². The zero-order chi connectivity index (χ0) is 35.5. The number of aliphatic hydroxyl groups excluding tert-OH is 2. The first kappa shape index (κ1) is 37.4. The van der Waals surface area contributed by atoms with Gasteiger partial charge in [0.15, 0.2) is 5.78 Å². The molecule has 0 radical (unpaired) electrons. The number of para-hydroxylation sites is 1. The van der Waals surface area contributed by atoms with Gasteiger partial charge in [-0.1, -0.05) is 55.5 Å². The predicted octanol–water partition coefficient (Wildman–Crippen LogP) is 0.354. The topological polar surface area (TPSA) is 227 Å². The van der Waals surface area contributed by atoms with Gasteiger partial charge in [0.1, 0.15) is 24.0 Å². The molecule has 0 bridgehead atoms. The average Bonchev–Trinajstić information content (AvgIpc) is 3.46. The van der Waals surface area contributed by atoms with Gasteiger partial charge in [-0.25, -0.2) is 4.79 Å². The number of Topliss-reactive ketones (excluding diaryl/α,β-unsaturated/α-hetero) is 1. The molecule has 2 aromatic carbocycles. The predicted molar refractivity (Wildman–Crippen MR) is 175 cm³/mol. The molecule has 0 unspecified atom stereocenters. The van der Waals surface area contributed by atoms with Crippen molar-refractivity contribution >= 4 is 46.3 Å². The lowest BCUT2D eigenvalue weighted by atomic mass is 9.99. The highest BCUT2D eigenvalue weighted by atomic mass is 16.4. The van der Waals surface area contributed by atoms with Crippen molar-refractivity contribution in [3.05, 3.63) is 71.9 Å². The van der Waals surface area contributed by atoms with Crippen molar-refractivity contribution < 1.29 is 44.1 Å². The second-order valence-electron chi connectivity index (χ2n) is 11.7. The minimum atomic E-state index is -1.67. The first-order valence-electron chi connectivity index (χ1n) is 15.6. The molecular weight excluding hydrogens is 622 g/mol. The molecule has 3 rings (SSSR count). The summed E-state index contributed by atoms with van der Waals surface area (Å²) in [7, 11) is 0. The maximum Gasteiger partial charge on any atom is 0.326 e. The molecule has 0 spiro atoms. The molecule has 48 heavy (non-hydrogen) atoms. The van der Waals surface area contributed by atoms with Gasteiger partial charge in [0.2, 0.25) is 23.6 Å². The smallest absolute Gasteiger partial charge is 0.326 e. The van der Waals surface area contributed by atoms with Crippen LogP contribution in [0.4, 0.5) is 0 Å². The fourth-order valence-electron chi connectivity index (χ4n) is 5.07. The van der Waals surface area contributed by atoms with Crippen LogP contribution in [0.25, 0.3) is 10.9 Å². The molecule has 0 aliphatic heterocycles. The van der Waals surface area contributed by atoms with E-state index in [4.69, 9.17) is 0 Å². The molecule has 0 fully saturated rings. The van der Waals surface area contributed by atoms with E-state index in [1.807, 2.05) is 24.3 Å². The first-order valence-corrected chi connectivity index (χ1v) is 15.6. The van der Waals surface area contributed by atoms with Gasteiger partial charge in [-0.05, 0) is 38.0 Å². The number of nitrogens with one attached hydrogen (secondary N) is 5. The number of ketones is 1. The van der Waals surface area contributed by atoms with Gasteiger partial charge in [-0.3, -0.25) is 24.0 Å². The molecule has 4 amide bonds. The van der Waals surface area contributed by atoms with E-state index in [0.717, 1.165) is 16.5 Å². The average molecular weight is 666 g/mol. The zero-order valence-corrected chi connectivity index (χ0v) is 27.2. The fraction of sp³-hybridized carbons (Fsp3) is 0.412. The minimum absolute atomic E-state index is 0.0375. The van der Waals surface area contributed by atoms with Crippen molar-refractivity contribution in [2.45, 2.75) is 83.3 Å². The SMILES string of the molecule is CCC(=O)[C@H](Cc1c[nH]c2ccccc12)NC(=O)[C@@H](NC(=O)[C@@H](NC(=O)[C@H](C)C(=O)N[C@@H](Cc1ccccc1)C(=O)O)[C@@H](C)O)[C@H](C)O. The summed E-state index contributed by atoms with van der Waals surface area (Å²) in [5, 5.41) is 40.8. The molecule has 258 valence electrons. The van der Waals surface area contributed by atoms with Crippen LogP contribution in [0.3, 0.4) is 0 Å². The maximum atomic E-state index is 13.3. The summed E-state index contributed by atoms with van der Waals surface area (Å²) in [5.74, 6) is -6.90. The Bertz CT molecular complexity index is 1600. The van der Waals surface area contributed by atoms with E-state index in [-0.39, 0.29) is 25.0 Å². The van der Waals surface area contributed by atoms with E-state index in [9.17, 15) is 44.1 Å². The van der Waals surface area contributed by atoms with E-state index in [2.05, 4.69) is 26.3 Å². The molecule has 3 aromatic rings.